The molecule has 1 fully saturated rings. The molecule has 0 aliphatic carbocycles. The van der Waals surface area contributed by atoms with E-state index in [9.17, 15) is 5.11 Å². The first-order chi connectivity index (χ1) is 9.51. The molecule has 4 nitrogen and oxygen atoms in total. The van der Waals surface area contributed by atoms with Crippen LogP contribution in [0.15, 0.2) is 24.3 Å². The lowest BCUT2D eigenvalue weighted by atomic mass is 10.0. The van der Waals surface area contributed by atoms with Crippen LogP contribution in [0.2, 0.25) is 0 Å². The number of aliphatic hydroxyl groups is 1. The Balaban J connectivity index is 1.83. The maximum Gasteiger partial charge on any atom is 0.120 e. The number of nitriles is 1. The van der Waals surface area contributed by atoms with Gasteiger partial charge in [0.25, 0.3) is 0 Å². The molecule has 2 rings (SSSR count). The van der Waals surface area contributed by atoms with Gasteiger partial charge in [0, 0.05) is 12.1 Å². The fourth-order valence-corrected chi connectivity index (χ4v) is 2.66. The third kappa shape index (κ3) is 3.72. The van der Waals surface area contributed by atoms with E-state index >= 15 is 0 Å². The number of likely N-dealkylation sites (tertiary alicyclic amines) is 1. The normalized spacial score (nSPS) is 19.5. The highest BCUT2D eigenvalue weighted by Crippen LogP contribution is 2.28. The zero-order chi connectivity index (χ0) is 14.6. The van der Waals surface area contributed by atoms with Gasteiger partial charge in [-0.2, -0.15) is 5.26 Å². The molecule has 1 aromatic carbocycles. The van der Waals surface area contributed by atoms with E-state index in [1.807, 2.05) is 0 Å². The molecule has 0 saturated carbocycles. The summed E-state index contributed by atoms with van der Waals surface area (Å²) in [6.07, 6.45) is 1.84. The smallest absolute Gasteiger partial charge is 0.120 e. The summed E-state index contributed by atoms with van der Waals surface area (Å²) in [5.74, 6) is 0.629. The van der Waals surface area contributed by atoms with Crippen LogP contribution in [0.5, 0.6) is 5.75 Å². The zero-order valence-corrected chi connectivity index (χ0v) is 12.2. The van der Waals surface area contributed by atoms with Gasteiger partial charge in [-0.3, -0.25) is 4.90 Å². The molecule has 1 aliphatic heterocycles. The highest BCUT2D eigenvalue weighted by Gasteiger charge is 2.32. The third-order valence-corrected chi connectivity index (χ3v) is 3.91. The molecule has 1 heterocycles. The van der Waals surface area contributed by atoms with Crippen LogP contribution in [-0.4, -0.2) is 41.3 Å². The number of nitrogens with zero attached hydrogens (tertiary/aromatic N) is 2. The summed E-state index contributed by atoms with van der Waals surface area (Å²) in [6.45, 7) is 6.34. The number of hydrogen-bond donors (Lipinski definition) is 1. The first-order valence-electron chi connectivity index (χ1n) is 7.07. The van der Waals surface area contributed by atoms with Crippen LogP contribution in [0.4, 0.5) is 0 Å². The Bertz CT molecular complexity index is 493. The molecule has 0 aromatic heterocycles. The van der Waals surface area contributed by atoms with Crippen molar-refractivity contribution in [3.05, 3.63) is 29.8 Å². The van der Waals surface area contributed by atoms with E-state index in [2.05, 4.69) is 24.8 Å². The minimum atomic E-state index is -0.516. The fraction of sp³-hybridized carbons (Fsp3) is 0.562. The number of aliphatic hydroxyl groups excluding tert-OH is 1. The maximum absolute atomic E-state index is 10.1. The van der Waals surface area contributed by atoms with Crippen molar-refractivity contribution in [2.45, 2.75) is 38.3 Å². The first-order valence-corrected chi connectivity index (χ1v) is 7.07. The summed E-state index contributed by atoms with van der Waals surface area (Å²) in [5, 5.41) is 18.9. The Morgan fingerprint density at radius 2 is 2.30 bits per heavy atom. The molecular weight excluding hydrogens is 252 g/mol. The summed E-state index contributed by atoms with van der Waals surface area (Å²) in [6, 6.07) is 9.07. The van der Waals surface area contributed by atoms with Gasteiger partial charge in [0.15, 0.2) is 0 Å². The molecule has 1 atom stereocenters. The van der Waals surface area contributed by atoms with Crippen LogP contribution in [-0.2, 0) is 0 Å². The lowest BCUT2D eigenvalue weighted by molar-refractivity contribution is 0.0464. The Morgan fingerprint density at radius 1 is 1.50 bits per heavy atom. The summed E-state index contributed by atoms with van der Waals surface area (Å²) >= 11 is 0. The monoisotopic (exact) mass is 274 g/mol. The second-order valence-electron chi connectivity index (χ2n) is 5.97. The van der Waals surface area contributed by atoms with Crippen LogP contribution < -0.4 is 4.74 Å². The van der Waals surface area contributed by atoms with Crippen molar-refractivity contribution < 1.29 is 9.84 Å². The van der Waals surface area contributed by atoms with Crippen molar-refractivity contribution >= 4 is 0 Å². The molecule has 4 heteroatoms. The van der Waals surface area contributed by atoms with Crippen molar-refractivity contribution in [3.63, 3.8) is 0 Å². The first kappa shape index (κ1) is 14.8. The van der Waals surface area contributed by atoms with Gasteiger partial charge in [0.1, 0.15) is 18.5 Å². The number of ether oxygens (including phenoxy) is 1. The molecule has 1 unspecified atom stereocenters. The van der Waals surface area contributed by atoms with Gasteiger partial charge >= 0.3 is 0 Å². The van der Waals surface area contributed by atoms with Crippen LogP contribution in [0.1, 0.15) is 32.3 Å². The van der Waals surface area contributed by atoms with Crippen LogP contribution in [0.3, 0.4) is 0 Å². The van der Waals surface area contributed by atoms with Crippen molar-refractivity contribution in [2.24, 2.45) is 0 Å². The van der Waals surface area contributed by atoms with Gasteiger partial charge in [-0.25, -0.2) is 0 Å². The summed E-state index contributed by atoms with van der Waals surface area (Å²) in [4.78, 5) is 2.31. The molecule has 0 radical (unpaired) electrons. The van der Waals surface area contributed by atoms with E-state index in [4.69, 9.17) is 10.00 Å². The summed E-state index contributed by atoms with van der Waals surface area (Å²) in [7, 11) is 0. The second kappa shape index (κ2) is 6.25. The van der Waals surface area contributed by atoms with Crippen molar-refractivity contribution in [1.82, 2.24) is 4.90 Å². The van der Waals surface area contributed by atoms with Crippen molar-refractivity contribution in [3.8, 4) is 11.8 Å². The van der Waals surface area contributed by atoms with E-state index in [0.717, 1.165) is 6.54 Å². The standard InChI is InChI=1S/C16H22N2O2/c1-16(2)7-4-8-18(16)11-14(19)12-20-15-6-3-5-13(9-15)10-17/h3,5-6,9,14,19H,4,7-8,11-12H2,1-2H3. The average molecular weight is 274 g/mol. The topological polar surface area (TPSA) is 56.5 Å². The van der Waals surface area contributed by atoms with Crippen LogP contribution in [0.25, 0.3) is 0 Å². The molecule has 20 heavy (non-hydrogen) atoms. The molecule has 0 amide bonds. The molecule has 0 spiro atoms. The second-order valence-corrected chi connectivity index (χ2v) is 5.97. The molecule has 108 valence electrons. The van der Waals surface area contributed by atoms with Gasteiger partial charge in [0.05, 0.1) is 11.6 Å². The molecule has 1 N–H and O–H groups in total. The van der Waals surface area contributed by atoms with Gasteiger partial charge in [0.2, 0.25) is 0 Å². The minimum absolute atomic E-state index is 0.168. The molecule has 0 bridgehead atoms. The van der Waals surface area contributed by atoms with E-state index in [1.165, 1.54) is 12.8 Å². The van der Waals surface area contributed by atoms with E-state index in [-0.39, 0.29) is 12.1 Å². The molecule has 1 saturated heterocycles. The van der Waals surface area contributed by atoms with Crippen molar-refractivity contribution in [1.29, 1.82) is 5.26 Å². The molecule has 1 aliphatic rings. The predicted molar refractivity (Wildman–Crippen MR) is 77.5 cm³/mol. The number of hydrogen-bond acceptors (Lipinski definition) is 4. The Hall–Kier alpha value is -1.57. The van der Waals surface area contributed by atoms with Crippen LogP contribution in [0, 0.1) is 11.3 Å². The Morgan fingerprint density at radius 3 is 2.95 bits per heavy atom. The zero-order valence-electron chi connectivity index (χ0n) is 12.2. The van der Waals surface area contributed by atoms with E-state index < -0.39 is 6.10 Å². The molecule has 1 aromatic rings. The van der Waals surface area contributed by atoms with E-state index in [1.54, 1.807) is 24.3 Å². The molecular formula is C16H22N2O2. The quantitative estimate of drug-likeness (QED) is 0.894. The minimum Gasteiger partial charge on any atom is -0.491 e. The Kier molecular flexibility index (Phi) is 4.64. The number of rotatable bonds is 5. The predicted octanol–water partition coefficient (Wildman–Crippen LogP) is 2.17. The number of β-amino-alcohol motifs (C(OH)–C–C–N with tert-alkyl or cyclic N) is 1. The highest BCUT2D eigenvalue weighted by molar-refractivity contribution is 5.36. The lowest BCUT2D eigenvalue weighted by Gasteiger charge is -2.33. The Labute approximate surface area is 120 Å². The summed E-state index contributed by atoms with van der Waals surface area (Å²) < 4.78 is 5.56. The summed E-state index contributed by atoms with van der Waals surface area (Å²) in [5.41, 5.74) is 0.736. The van der Waals surface area contributed by atoms with E-state index in [0.29, 0.717) is 17.9 Å². The SMILES string of the molecule is CC1(C)CCCN1CC(O)COc1cccc(C#N)c1. The third-order valence-electron chi connectivity index (χ3n) is 3.91. The number of benzene rings is 1. The average Bonchev–Trinajstić information content (AvgIpc) is 2.76. The van der Waals surface area contributed by atoms with Gasteiger partial charge in [-0.1, -0.05) is 6.07 Å². The lowest BCUT2D eigenvalue weighted by Crippen LogP contribution is -2.44. The van der Waals surface area contributed by atoms with Crippen LogP contribution >= 0.6 is 0 Å². The van der Waals surface area contributed by atoms with Gasteiger partial charge < -0.3 is 9.84 Å². The van der Waals surface area contributed by atoms with Gasteiger partial charge in [-0.05, 0) is 51.4 Å². The fourth-order valence-electron chi connectivity index (χ4n) is 2.66. The van der Waals surface area contributed by atoms with Crippen molar-refractivity contribution in [2.75, 3.05) is 19.7 Å². The maximum atomic E-state index is 10.1. The highest BCUT2D eigenvalue weighted by atomic mass is 16.5. The largest absolute Gasteiger partial charge is 0.491 e. The van der Waals surface area contributed by atoms with Gasteiger partial charge in [-0.15, -0.1) is 0 Å².